The molecule has 1 aromatic rings. The van der Waals surface area contributed by atoms with Gasteiger partial charge in [0.05, 0.1) is 0 Å². The van der Waals surface area contributed by atoms with Crippen LogP contribution in [0.5, 0.6) is 0 Å². The molecular weight excluding hydrogens is 191 g/mol. The van der Waals surface area contributed by atoms with Crippen LogP contribution in [-0.2, 0) is 5.67 Å². The van der Waals surface area contributed by atoms with Crippen LogP contribution in [0, 0.1) is 0 Å². The van der Waals surface area contributed by atoms with Crippen molar-refractivity contribution in [2.24, 2.45) is 0 Å². The SMILES string of the molecule is CC(C)(F)c1c(Cl)cccc1C=O. The average Bonchev–Trinajstić information content (AvgIpc) is 2.01. The first-order valence-electron chi connectivity index (χ1n) is 3.90. The van der Waals surface area contributed by atoms with Crippen LogP contribution in [0.4, 0.5) is 4.39 Å². The van der Waals surface area contributed by atoms with Gasteiger partial charge >= 0.3 is 0 Å². The number of benzene rings is 1. The normalized spacial score (nSPS) is 11.4. The quantitative estimate of drug-likeness (QED) is 0.669. The lowest BCUT2D eigenvalue weighted by Gasteiger charge is -2.18. The molecule has 0 spiro atoms. The van der Waals surface area contributed by atoms with E-state index in [1.165, 1.54) is 13.8 Å². The van der Waals surface area contributed by atoms with E-state index in [0.29, 0.717) is 11.8 Å². The van der Waals surface area contributed by atoms with Crippen molar-refractivity contribution in [3.05, 3.63) is 34.3 Å². The van der Waals surface area contributed by atoms with E-state index >= 15 is 0 Å². The Hall–Kier alpha value is -0.890. The highest BCUT2D eigenvalue weighted by molar-refractivity contribution is 6.31. The van der Waals surface area contributed by atoms with Gasteiger partial charge in [-0.3, -0.25) is 4.79 Å². The second-order valence-electron chi connectivity index (χ2n) is 3.29. The summed E-state index contributed by atoms with van der Waals surface area (Å²) in [4.78, 5) is 10.6. The first-order chi connectivity index (χ1) is 5.96. The summed E-state index contributed by atoms with van der Waals surface area (Å²) >= 11 is 5.79. The molecule has 13 heavy (non-hydrogen) atoms. The molecule has 3 heteroatoms. The molecule has 70 valence electrons. The molecule has 0 bridgehead atoms. The van der Waals surface area contributed by atoms with Crippen molar-refractivity contribution >= 4 is 17.9 Å². The van der Waals surface area contributed by atoms with E-state index in [1.807, 2.05) is 0 Å². The number of rotatable bonds is 2. The smallest absolute Gasteiger partial charge is 0.150 e. The fraction of sp³-hybridized carbons (Fsp3) is 0.300. The van der Waals surface area contributed by atoms with Gasteiger partial charge in [0, 0.05) is 16.1 Å². The van der Waals surface area contributed by atoms with E-state index in [1.54, 1.807) is 18.2 Å². The lowest BCUT2D eigenvalue weighted by atomic mass is 9.95. The van der Waals surface area contributed by atoms with Crippen LogP contribution in [-0.4, -0.2) is 6.29 Å². The molecule has 0 heterocycles. The molecular formula is C10H10ClFO. The second-order valence-corrected chi connectivity index (χ2v) is 3.70. The van der Waals surface area contributed by atoms with Crippen molar-refractivity contribution in [1.29, 1.82) is 0 Å². The van der Waals surface area contributed by atoms with Gasteiger partial charge < -0.3 is 0 Å². The molecule has 1 nitrogen and oxygen atoms in total. The lowest BCUT2D eigenvalue weighted by Crippen LogP contribution is -2.13. The Morgan fingerprint density at radius 3 is 2.46 bits per heavy atom. The summed E-state index contributed by atoms with van der Waals surface area (Å²) in [6, 6.07) is 4.75. The fourth-order valence-corrected chi connectivity index (χ4v) is 1.67. The van der Waals surface area contributed by atoms with Gasteiger partial charge in [-0.05, 0) is 19.9 Å². The Morgan fingerprint density at radius 2 is 2.08 bits per heavy atom. The zero-order valence-corrected chi connectivity index (χ0v) is 8.23. The standard InChI is InChI=1S/C10H10ClFO/c1-10(2,12)9-7(6-13)4-3-5-8(9)11/h3-6H,1-2H3. The lowest BCUT2D eigenvalue weighted by molar-refractivity contribution is 0.111. The minimum absolute atomic E-state index is 0.256. The summed E-state index contributed by atoms with van der Waals surface area (Å²) in [5.41, 5.74) is -1.03. The number of alkyl halides is 1. The molecule has 1 rings (SSSR count). The second kappa shape index (κ2) is 3.46. The molecule has 0 radical (unpaired) electrons. The van der Waals surface area contributed by atoms with Gasteiger partial charge in [-0.15, -0.1) is 0 Å². The zero-order chi connectivity index (χ0) is 10.1. The molecule has 1 aromatic carbocycles. The largest absolute Gasteiger partial charge is 0.298 e. The van der Waals surface area contributed by atoms with Gasteiger partial charge in [-0.1, -0.05) is 23.7 Å². The summed E-state index contributed by atoms with van der Waals surface area (Å²) in [6.07, 6.45) is 0.614. The third kappa shape index (κ3) is 2.07. The Bertz CT molecular complexity index is 328. The van der Waals surface area contributed by atoms with E-state index in [2.05, 4.69) is 0 Å². The summed E-state index contributed by atoms with van der Waals surface area (Å²) in [7, 11) is 0. The maximum atomic E-state index is 13.6. The Labute approximate surface area is 81.5 Å². The molecule has 0 saturated carbocycles. The number of halogens is 2. The molecule has 0 atom stereocenters. The van der Waals surface area contributed by atoms with E-state index in [0.717, 1.165) is 0 Å². The highest BCUT2D eigenvalue weighted by Gasteiger charge is 2.24. The monoisotopic (exact) mass is 200 g/mol. The van der Waals surface area contributed by atoms with Crippen molar-refractivity contribution in [2.45, 2.75) is 19.5 Å². The number of hydrogen-bond donors (Lipinski definition) is 0. The maximum Gasteiger partial charge on any atom is 0.150 e. The Kier molecular flexibility index (Phi) is 2.71. The third-order valence-corrected chi connectivity index (χ3v) is 2.08. The predicted octanol–water partition coefficient (Wildman–Crippen LogP) is 3.36. The van der Waals surface area contributed by atoms with Crippen LogP contribution in [0.1, 0.15) is 29.8 Å². The van der Waals surface area contributed by atoms with Gasteiger partial charge in [0.1, 0.15) is 12.0 Å². The van der Waals surface area contributed by atoms with Crippen LogP contribution >= 0.6 is 11.6 Å². The van der Waals surface area contributed by atoms with E-state index < -0.39 is 5.67 Å². The summed E-state index contributed by atoms with van der Waals surface area (Å²) in [6.45, 7) is 2.75. The van der Waals surface area contributed by atoms with Crippen molar-refractivity contribution in [3.63, 3.8) is 0 Å². The van der Waals surface area contributed by atoms with Crippen LogP contribution in [0.3, 0.4) is 0 Å². The number of carbonyl (C=O) groups excluding carboxylic acids is 1. The molecule has 0 aliphatic heterocycles. The highest BCUT2D eigenvalue weighted by Crippen LogP contribution is 2.33. The number of hydrogen-bond acceptors (Lipinski definition) is 1. The van der Waals surface area contributed by atoms with Crippen LogP contribution < -0.4 is 0 Å². The van der Waals surface area contributed by atoms with Crippen LogP contribution in [0.15, 0.2) is 18.2 Å². The first-order valence-corrected chi connectivity index (χ1v) is 4.27. The van der Waals surface area contributed by atoms with Gasteiger partial charge in [0.25, 0.3) is 0 Å². The summed E-state index contributed by atoms with van der Waals surface area (Å²) < 4.78 is 13.6. The first kappa shape index (κ1) is 10.2. The Morgan fingerprint density at radius 1 is 1.46 bits per heavy atom. The molecule has 0 N–H and O–H groups in total. The molecule has 0 aliphatic carbocycles. The van der Waals surface area contributed by atoms with Crippen molar-refractivity contribution in [3.8, 4) is 0 Å². The molecule has 0 unspecified atom stereocenters. The minimum Gasteiger partial charge on any atom is -0.298 e. The third-order valence-electron chi connectivity index (χ3n) is 1.77. The van der Waals surface area contributed by atoms with Gasteiger partial charge in [0.2, 0.25) is 0 Å². The number of aldehydes is 1. The van der Waals surface area contributed by atoms with Crippen molar-refractivity contribution in [1.82, 2.24) is 0 Å². The highest BCUT2D eigenvalue weighted by atomic mass is 35.5. The van der Waals surface area contributed by atoms with Crippen LogP contribution in [0.2, 0.25) is 5.02 Å². The molecule has 0 amide bonds. The zero-order valence-electron chi connectivity index (χ0n) is 7.47. The van der Waals surface area contributed by atoms with E-state index in [4.69, 9.17) is 11.6 Å². The van der Waals surface area contributed by atoms with Gasteiger partial charge in [-0.25, -0.2) is 4.39 Å². The van der Waals surface area contributed by atoms with Gasteiger partial charge in [-0.2, -0.15) is 0 Å². The fourth-order valence-electron chi connectivity index (χ4n) is 1.27. The van der Waals surface area contributed by atoms with Crippen molar-refractivity contribution < 1.29 is 9.18 Å². The molecule has 0 aliphatic rings. The average molecular weight is 201 g/mol. The number of carbonyl (C=O) groups is 1. The van der Waals surface area contributed by atoms with E-state index in [9.17, 15) is 9.18 Å². The topological polar surface area (TPSA) is 17.1 Å². The van der Waals surface area contributed by atoms with Crippen LogP contribution in [0.25, 0.3) is 0 Å². The minimum atomic E-state index is -1.59. The summed E-state index contributed by atoms with van der Waals surface area (Å²) in [5.74, 6) is 0. The Balaban J connectivity index is 3.40. The molecule has 0 saturated heterocycles. The predicted molar refractivity (Wildman–Crippen MR) is 51.0 cm³/mol. The van der Waals surface area contributed by atoms with Gasteiger partial charge in [0.15, 0.2) is 0 Å². The summed E-state index contributed by atoms with van der Waals surface area (Å²) in [5, 5.41) is 0.289. The van der Waals surface area contributed by atoms with Crippen molar-refractivity contribution in [2.75, 3.05) is 0 Å². The molecule has 0 fully saturated rings. The maximum absolute atomic E-state index is 13.6. The molecule has 0 aromatic heterocycles. The van der Waals surface area contributed by atoms with E-state index in [-0.39, 0.29) is 10.6 Å².